The first-order chi connectivity index (χ1) is 11.1. The maximum absolute atomic E-state index is 11.9. The van der Waals surface area contributed by atoms with Crippen LogP contribution in [0.2, 0.25) is 0 Å². The fourth-order valence-corrected chi connectivity index (χ4v) is 2.70. The van der Waals surface area contributed by atoms with Gasteiger partial charge < -0.3 is 10.1 Å². The summed E-state index contributed by atoms with van der Waals surface area (Å²) < 4.78 is 6.87. The molecule has 1 amide bonds. The summed E-state index contributed by atoms with van der Waals surface area (Å²) in [5.41, 5.74) is 1.04. The molecule has 8 heteroatoms. The summed E-state index contributed by atoms with van der Waals surface area (Å²) in [5, 5.41) is 14.5. The lowest BCUT2D eigenvalue weighted by molar-refractivity contribution is -0.118. The van der Waals surface area contributed by atoms with Gasteiger partial charge in [-0.1, -0.05) is 12.1 Å². The van der Waals surface area contributed by atoms with E-state index in [1.54, 1.807) is 11.8 Å². The van der Waals surface area contributed by atoms with Crippen LogP contribution in [0.15, 0.2) is 24.3 Å². The highest BCUT2D eigenvalue weighted by Crippen LogP contribution is 2.13. The van der Waals surface area contributed by atoms with Gasteiger partial charge in [-0.25, -0.2) is 4.68 Å². The second-order valence-corrected chi connectivity index (χ2v) is 6.24. The van der Waals surface area contributed by atoms with Crippen LogP contribution in [0.25, 0.3) is 0 Å². The van der Waals surface area contributed by atoms with E-state index in [9.17, 15) is 4.79 Å². The minimum absolute atomic E-state index is 0.00519. The summed E-state index contributed by atoms with van der Waals surface area (Å²) in [6, 6.07) is 7.83. The lowest BCUT2D eigenvalue weighted by Gasteiger charge is -2.08. The van der Waals surface area contributed by atoms with Crippen LogP contribution < -0.4 is 10.1 Å². The molecule has 1 N–H and O–H groups in total. The lowest BCUT2D eigenvalue weighted by atomic mass is 10.2. The van der Waals surface area contributed by atoms with Crippen molar-refractivity contribution in [1.29, 1.82) is 0 Å². The number of nitrogens with zero attached hydrogens (tertiary/aromatic N) is 4. The Balaban J connectivity index is 1.71. The average Bonchev–Trinajstić information content (AvgIpc) is 3.02. The average molecular weight is 335 g/mol. The molecule has 0 fully saturated rings. The molecule has 0 bridgehead atoms. The van der Waals surface area contributed by atoms with Crippen LogP contribution in [0.1, 0.15) is 31.3 Å². The molecule has 0 saturated carbocycles. The first kappa shape index (κ1) is 17.3. The molecule has 0 saturated heterocycles. The first-order valence-electron chi connectivity index (χ1n) is 7.34. The van der Waals surface area contributed by atoms with E-state index in [0.717, 1.165) is 17.1 Å². The molecule has 124 valence electrons. The molecule has 0 aliphatic heterocycles. The third kappa shape index (κ3) is 5.24. The van der Waals surface area contributed by atoms with Crippen LogP contribution in [0.5, 0.6) is 5.75 Å². The van der Waals surface area contributed by atoms with Crippen LogP contribution in [-0.2, 0) is 17.1 Å². The van der Waals surface area contributed by atoms with Gasteiger partial charge in [-0.05, 0) is 42.0 Å². The summed E-state index contributed by atoms with van der Waals surface area (Å²) in [5.74, 6) is 2.57. The van der Waals surface area contributed by atoms with E-state index in [0.29, 0.717) is 18.1 Å². The number of aromatic nitrogens is 4. The van der Waals surface area contributed by atoms with Gasteiger partial charge in [0.15, 0.2) is 5.82 Å². The van der Waals surface area contributed by atoms with Crippen molar-refractivity contribution >= 4 is 17.7 Å². The Morgan fingerprint density at radius 2 is 2.09 bits per heavy atom. The molecule has 2 rings (SSSR count). The summed E-state index contributed by atoms with van der Waals surface area (Å²) >= 11 is 1.50. The van der Waals surface area contributed by atoms with Gasteiger partial charge in [-0.2, -0.15) is 0 Å². The number of benzene rings is 1. The number of hydrogen-bond acceptors (Lipinski definition) is 6. The molecule has 23 heavy (non-hydrogen) atoms. The smallest absolute Gasteiger partial charge is 0.230 e. The van der Waals surface area contributed by atoms with Crippen molar-refractivity contribution in [3.63, 3.8) is 0 Å². The number of tetrazole rings is 1. The highest BCUT2D eigenvalue weighted by Gasteiger charge is 2.10. The van der Waals surface area contributed by atoms with Crippen molar-refractivity contribution in [3.8, 4) is 5.75 Å². The van der Waals surface area contributed by atoms with Crippen molar-refractivity contribution < 1.29 is 9.53 Å². The van der Waals surface area contributed by atoms with E-state index in [-0.39, 0.29) is 11.9 Å². The largest absolute Gasteiger partial charge is 0.497 e. The van der Waals surface area contributed by atoms with E-state index >= 15 is 0 Å². The summed E-state index contributed by atoms with van der Waals surface area (Å²) in [4.78, 5) is 11.9. The van der Waals surface area contributed by atoms with E-state index in [2.05, 4.69) is 20.8 Å². The number of thioether (sulfide) groups is 1. The molecule has 0 atom stereocenters. The van der Waals surface area contributed by atoms with E-state index in [4.69, 9.17) is 4.74 Å². The fraction of sp³-hybridized carbons (Fsp3) is 0.467. The maximum Gasteiger partial charge on any atom is 0.230 e. The van der Waals surface area contributed by atoms with Crippen LogP contribution in [0.4, 0.5) is 0 Å². The number of ether oxygens (including phenoxy) is 1. The molecule has 0 aliphatic carbocycles. The molecule has 7 nitrogen and oxygen atoms in total. The van der Waals surface area contributed by atoms with Gasteiger partial charge in [-0.15, -0.1) is 16.9 Å². The second-order valence-electron chi connectivity index (χ2n) is 5.25. The van der Waals surface area contributed by atoms with Crippen molar-refractivity contribution in [2.45, 2.75) is 32.2 Å². The number of hydrogen-bond donors (Lipinski definition) is 1. The van der Waals surface area contributed by atoms with Gasteiger partial charge in [0, 0.05) is 6.54 Å². The van der Waals surface area contributed by atoms with Gasteiger partial charge in [0.05, 0.1) is 24.7 Å². The Labute approximate surface area is 139 Å². The molecule has 1 heterocycles. The van der Waals surface area contributed by atoms with Crippen molar-refractivity contribution in [2.75, 3.05) is 12.9 Å². The maximum atomic E-state index is 11.9. The summed E-state index contributed by atoms with van der Waals surface area (Å²) in [6.07, 6.45) is 0. The Hall–Kier alpha value is -2.09. The molecule has 0 spiro atoms. The normalized spacial score (nSPS) is 10.8. The molecule has 0 aliphatic rings. The zero-order valence-electron chi connectivity index (χ0n) is 13.5. The Bertz CT molecular complexity index is 627. The number of carbonyl (C=O) groups excluding carboxylic acids is 1. The van der Waals surface area contributed by atoms with Gasteiger partial charge in [0.2, 0.25) is 5.91 Å². The molecule has 2 aromatic rings. The zero-order chi connectivity index (χ0) is 16.7. The highest BCUT2D eigenvalue weighted by molar-refractivity contribution is 7.99. The van der Waals surface area contributed by atoms with E-state index in [1.807, 2.05) is 38.1 Å². The first-order valence-corrected chi connectivity index (χ1v) is 8.49. The number of carbonyl (C=O) groups is 1. The quantitative estimate of drug-likeness (QED) is 0.792. The van der Waals surface area contributed by atoms with Gasteiger partial charge in [-0.3, -0.25) is 4.79 Å². The number of nitrogens with one attached hydrogen (secondary N) is 1. The predicted octanol–water partition coefficient (Wildman–Crippen LogP) is 1.81. The Morgan fingerprint density at radius 1 is 1.35 bits per heavy atom. The van der Waals surface area contributed by atoms with E-state index < -0.39 is 0 Å². The summed E-state index contributed by atoms with van der Waals surface area (Å²) in [7, 11) is 1.63. The zero-order valence-corrected chi connectivity index (χ0v) is 14.3. The Kier molecular flexibility index (Phi) is 6.40. The molecule has 1 aromatic carbocycles. The topological polar surface area (TPSA) is 81.9 Å². The Morgan fingerprint density at radius 3 is 2.74 bits per heavy atom. The van der Waals surface area contributed by atoms with Crippen LogP contribution >= 0.6 is 11.8 Å². The third-order valence-electron chi connectivity index (χ3n) is 3.16. The van der Waals surface area contributed by atoms with Gasteiger partial charge in [0.25, 0.3) is 0 Å². The highest BCUT2D eigenvalue weighted by atomic mass is 32.2. The lowest BCUT2D eigenvalue weighted by Crippen LogP contribution is -2.24. The number of methoxy groups -OCH3 is 1. The van der Waals surface area contributed by atoms with Gasteiger partial charge in [0.1, 0.15) is 5.75 Å². The third-order valence-corrected chi connectivity index (χ3v) is 4.09. The molecular weight excluding hydrogens is 314 g/mol. The number of rotatable bonds is 8. The molecule has 0 radical (unpaired) electrons. The molecular formula is C15H21N5O2S. The van der Waals surface area contributed by atoms with E-state index in [1.165, 1.54) is 11.8 Å². The summed E-state index contributed by atoms with van der Waals surface area (Å²) in [6.45, 7) is 4.55. The number of amides is 1. The standard InChI is InChI=1S/C15H21N5O2S/c1-11(2)20-14(17-18-19-20)9-23-10-15(21)16-8-12-4-6-13(22-3)7-5-12/h4-7,11H,8-10H2,1-3H3,(H,16,21). The second kappa shape index (κ2) is 8.52. The van der Waals surface area contributed by atoms with Crippen LogP contribution in [0, 0.1) is 0 Å². The van der Waals surface area contributed by atoms with Crippen LogP contribution in [0.3, 0.4) is 0 Å². The molecule has 0 unspecified atom stereocenters. The van der Waals surface area contributed by atoms with Crippen molar-refractivity contribution in [3.05, 3.63) is 35.7 Å². The SMILES string of the molecule is COc1ccc(CNC(=O)CSCc2nnnn2C(C)C)cc1. The van der Waals surface area contributed by atoms with Crippen molar-refractivity contribution in [1.82, 2.24) is 25.5 Å². The minimum atomic E-state index is -0.00519. The fourth-order valence-electron chi connectivity index (χ4n) is 1.94. The van der Waals surface area contributed by atoms with Gasteiger partial charge >= 0.3 is 0 Å². The van der Waals surface area contributed by atoms with Crippen molar-refractivity contribution in [2.24, 2.45) is 0 Å². The predicted molar refractivity (Wildman–Crippen MR) is 89.2 cm³/mol. The minimum Gasteiger partial charge on any atom is -0.497 e. The molecule has 1 aromatic heterocycles. The monoisotopic (exact) mass is 335 g/mol. The van der Waals surface area contributed by atoms with Crippen LogP contribution in [-0.4, -0.2) is 39.0 Å².